The molecule has 6 nitrogen and oxygen atoms in total. The Balaban J connectivity index is 2.01. The summed E-state index contributed by atoms with van der Waals surface area (Å²) in [7, 11) is 3.14. The number of amides is 1. The number of fused-ring (bicyclic) bond motifs is 1. The Morgan fingerprint density at radius 2 is 2.14 bits per heavy atom. The molecule has 0 aliphatic heterocycles. The fourth-order valence-corrected chi connectivity index (χ4v) is 2.13. The van der Waals surface area contributed by atoms with Crippen molar-refractivity contribution in [3.8, 4) is 0 Å². The van der Waals surface area contributed by atoms with E-state index < -0.39 is 0 Å². The molecular formula is C14H16ClN3O3. The Morgan fingerprint density at radius 3 is 2.86 bits per heavy atom. The molecule has 0 aliphatic rings. The van der Waals surface area contributed by atoms with Crippen LogP contribution in [0.2, 0.25) is 5.02 Å². The standard InChI is InChI=1S/C14H16ClN3O3/c1-18-11-7-6-9(15)8-10(11)16-14(18)17-12(19)4-3-5-13(20)21-2/h6-8H,3-5H2,1-2H3,(H,16,17,19). The van der Waals surface area contributed by atoms with Crippen molar-refractivity contribution in [2.24, 2.45) is 7.05 Å². The summed E-state index contributed by atoms with van der Waals surface area (Å²) >= 11 is 5.92. The van der Waals surface area contributed by atoms with Gasteiger partial charge in [0.1, 0.15) is 0 Å². The molecular weight excluding hydrogens is 294 g/mol. The first-order chi connectivity index (χ1) is 10.0. The number of hydrogen-bond acceptors (Lipinski definition) is 4. The lowest BCUT2D eigenvalue weighted by Crippen LogP contribution is -2.15. The highest BCUT2D eigenvalue weighted by Gasteiger charge is 2.11. The molecule has 0 fully saturated rings. The quantitative estimate of drug-likeness (QED) is 0.861. The Labute approximate surface area is 127 Å². The third-order valence-corrected chi connectivity index (χ3v) is 3.34. The highest BCUT2D eigenvalue weighted by atomic mass is 35.5. The van der Waals surface area contributed by atoms with E-state index in [1.807, 2.05) is 13.1 Å². The minimum atomic E-state index is -0.319. The maximum atomic E-state index is 11.8. The number of imidazole rings is 1. The van der Waals surface area contributed by atoms with Crippen LogP contribution in [0.25, 0.3) is 11.0 Å². The molecule has 0 bridgehead atoms. The number of aromatic nitrogens is 2. The number of methoxy groups -OCH3 is 1. The van der Waals surface area contributed by atoms with Crippen LogP contribution in [0.15, 0.2) is 18.2 Å². The van der Waals surface area contributed by atoms with E-state index in [9.17, 15) is 9.59 Å². The zero-order valence-corrected chi connectivity index (χ0v) is 12.6. The normalized spacial score (nSPS) is 10.6. The van der Waals surface area contributed by atoms with Gasteiger partial charge in [0.25, 0.3) is 0 Å². The molecule has 112 valence electrons. The molecule has 1 amide bonds. The second kappa shape index (κ2) is 6.58. The van der Waals surface area contributed by atoms with Crippen molar-refractivity contribution in [2.75, 3.05) is 12.4 Å². The van der Waals surface area contributed by atoms with E-state index in [1.54, 1.807) is 16.7 Å². The molecule has 0 radical (unpaired) electrons. The average Bonchev–Trinajstić information content (AvgIpc) is 2.74. The van der Waals surface area contributed by atoms with Crippen molar-refractivity contribution in [3.05, 3.63) is 23.2 Å². The molecule has 21 heavy (non-hydrogen) atoms. The summed E-state index contributed by atoms with van der Waals surface area (Å²) < 4.78 is 6.30. The van der Waals surface area contributed by atoms with Gasteiger partial charge < -0.3 is 9.30 Å². The third-order valence-electron chi connectivity index (χ3n) is 3.11. The maximum Gasteiger partial charge on any atom is 0.305 e. The molecule has 0 spiro atoms. The van der Waals surface area contributed by atoms with E-state index >= 15 is 0 Å². The first kappa shape index (κ1) is 15.3. The van der Waals surface area contributed by atoms with E-state index in [0.717, 1.165) is 11.0 Å². The van der Waals surface area contributed by atoms with E-state index in [4.69, 9.17) is 11.6 Å². The van der Waals surface area contributed by atoms with Gasteiger partial charge in [-0.05, 0) is 24.6 Å². The molecule has 0 atom stereocenters. The van der Waals surface area contributed by atoms with Gasteiger partial charge in [0.05, 0.1) is 18.1 Å². The molecule has 1 aromatic carbocycles. The van der Waals surface area contributed by atoms with Gasteiger partial charge in [-0.1, -0.05) is 11.6 Å². The first-order valence-electron chi connectivity index (χ1n) is 6.50. The maximum absolute atomic E-state index is 11.8. The zero-order chi connectivity index (χ0) is 15.4. The van der Waals surface area contributed by atoms with Gasteiger partial charge >= 0.3 is 5.97 Å². The van der Waals surface area contributed by atoms with Crippen LogP contribution in [-0.2, 0) is 21.4 Å². The average molecular weight is 310 g/mol. The third kappa shape index (κ3) is 3.72. The molecule has 0 aliphatic carbocycles. The number of rotatable bonds is 5. The lowest BCUT2D eigenvalue weighted by atomic mass is 10.2. The van der Waals surface area contributed by atoms with Crippen LogP contribution < -0.4 is 5.32 Å². The summed E-state index contributed by atoms with van der Waals surface area (Å²) in [5.74, 6) is -0.0566. The lowest BCUT2D eigenvalue weighted by Gasteiger charge is -2.04. The van der Waals surface area contributed by atoms with Crippen LogP contribution in [0.3, 0.4) is 0 Å². The highest BCUT2D eigenvalue weighted by Crippen LogP contribution is 2.21. The number of ether oxygens (including phenoxy) is 1. The van der Waals surface area contributed by atoms with Crippen LogP contribution in [0.5, 0.6) is 0 Å². The summed E-state index contributed by atoms with van der Waals surface area (Å²) in [6.45, 7) is 0. The fraction of sp³-hybridized carbons (Fsp3) is 0.357. The molecule has 0 saturated heterocycles. The van der Waals surface area contributed by atoms with Crippen molar-refractivity contribution in [1.82, 2.24) is 9.55 Å². The number of aryl methyl sites for hydroxylation is 1. The van der Waals surface area contributed by atoms with Crippen molar-refractivity contribution in [2.45, 2.75) is 19.3 Å². The van der Waals surface area contributed by atoms with Crippen molar-refractivity contribution < 1.29 is 14.3 Å². The van der Waals surface area contributed by atoms with Gasteiger partial charge in [-0.3, -0.25) is 14.9 Å². The number of nitrogens with one attached hydrogen (secondary N) is 1. The van der Waals surface area contributed by atoms with E-state index in [1.165, 1.54) is 7.11 Å². The summed E-state index contributed by atoms with van der Waals surface area (Å²) in [6, 6.07) is 5.36. The van der Waals surface area contributed by atoms with E-state index in [2.05, 4.69) is 15.0 Å². The van der Waals surface area contributed by atoms with Crippen LogP contribution in [0, 0.1) is 0 Å². The minimum Gasteiger partial charge on any atom is -0.469 e. The van der Waals surface area contributed by atoms with Crippen LogP contribution in [-0.4, -0.2) is 28.5 Å². The monoisotopic (exact) mass is 309 g/mol. The van der Waals surface area contributed by atoms with Crippen LogP contribution >= 0.6 is 11.6 Å². The minimum absolute atomic E-state index is 0.191. The van der Waals surface area contributed by atoms with E-state index in [-0.39, 0.29) is 24.7 Å². The highest BCUT2D eigenvalue weighted by molar-refractivity contribution is 6.31. The van der Waals surface area contributed by atoms with Gasteiger partial charge in [-0.2, -0.15) is 0 Å². The molecule has 1 N–H and O–H groups in total. The van der Waals surface area contributed by atoms with Crippen molar-refractivity contribution in [3.63, 3.8) is 0 Å². The topological polar surface area (TPSA) is 73.2 Å². The summed E-state index contributed by atoms with van der Waals surface area (Å²) in [4.78, 5) is 27.1. The molecule has 1 heterocycles. The Hall–Kier alpha value is -2.08. The second-order valence-electron chi connectivity index (χ2n) is 4.61. The van der Waals surface area contributed by atoms with Crippen molar-refractivity contribution in [1.29, 1.82) is 0 Å². The largest absolute Gasteiger partial charge is 0.469 e. The molecule has 2 aromatic rings. The number of benzene rings is 1. The molecule has 7 heteroatoms. The second-order valence-corrected chi connectivity index (χ2v) is 5.04. The Bertz CT molecular complexity index is 681. The zero-order valence-electron chi connectivity index (χ0n) is 11.9. The van der Waals surface area contributed by atoms with Gasteiger partial charge in [0, 0.05) is 24.9 Å². The molecule has 0 saturated carbocycles. The smallest absolute Gasteiger partial charge is 0.305 e. The predicted octanol–water partition coefficient (Wildman–Crippen LogP) is 2.51. The first-order valence-corrected chi connectivity index (χ1v) is 6.87. The van der Waals surface area contributed by atoms with Gasteiger partial charge in [0.15, 0.2) is 0 Å². The molecule has 2 rings (SSSR count). The summed E-state index contributed by atoms with van der Waals surface area (Å²) in [5, 5.41) is 3.32. The lowest BCUT2D eigenvalue weighted by molar-refractivity contribution is -0.140. The number of carbonyl (C=O) groups is 2. The van der Waals surface area contributed by atoms with Crippen LogP contribution in [0.4, 0.5) is 5.95 Å². The SMILES string of the molecule is COC(=O)CCCC(=O)Nc1nc2cc(Cl)ccc2n1C. The number of esters is 1. The van der Waals surface area contributed by atoms with Gasteiger partial charge in [-0.25, -0.2) is 4.98 Å². The number of nitrogens with zero attached hydrogens (tertiary/aromatic N) is 2. The number of anilines is 1. The number of carbonyl (C=O) groups excluding carboxylic acids is 2. The van der Waals surface area contributed by atoms with Crippen molar-refractivity contribution >= 4 is 40.5 Å². The van der Waals surface area contributed by atoms with Crippen LogP contribution in [0.1, 0.15) is 19.3 Å². The van der Waals surface area contributed by atoms with E-state index in [0.29, 0.717) is 17.4 Å². The number of hydrogen-bond donors (Lipinski definition) is 1. The fourth-order valence-electron chi connectivity index (χ4n) is 1.97. The number of halogens is 1. The Kier molecular flexibility index (Phi) is 4.80. The molecule has 0 unspecified atom stereocenters. The predicted molar refractivity (Wildman–Crippen MR) is 80.2 cm³/mol. The van der Waals surface area contributed by atoms with Gasteiger partial charge in [0.2, 0.25) is 11.9 Å². The van der Waals surface area contributed by atoms with Gasteiger partial charge in [-0.15, -0.1) is 0 Å². The summed E-state index contributed by atoms with van der Waals surface area (Å²) in [5.41, 5.74) is 1.60. The molecule has 1 aromatic heterocycles. The summed E-state index contributed by atoms with van der Waals surface area (Å²) in [6.07, 6.45) is 0.898. The Morgan fingerprint density at radius 1 is 1.38 bits per heavy atom.